The zero-order valence-electron chi connectivity index (χ0n) is 9.26. The first-order valence-electron chi connectivity index (χ1n) is 5.73. The Morgan fingerprint density at radius 1 is 1.56 bits per heavy atom. The molecule has 0 saturated carbocycles. The Labute approximate surface area is 94.9 Å². The van der Waals surface area contributed by atoms with Gasteiger partial charge < -0.3 is 9.52 Å². The summed E-state index contributed by atoms with van der Waals surface area (Å²) in [5.74, 6) is 0.396. The van der Waals surface area contributed by atoms with Crippen LogP contribution in [-0.4, -0.2) is 41.5 Å². The summed E-state index contributed by atoms with van der Waals surface area (Å²) in [6, 6.07) is 3.53. The summed E-state index contributed by atoms with van der Waals surface area (Å²) < 4.78 is 5.07. The van der Waals surface area contributed by atoms with Crippen molar-refractivity contribution >= 4 is 5.78 Å². The molecule has 1 aromatic rings. The minimum Gasteiger partial charge on any atom is -0.461 e. The molecule has 4 heteroatoms. The van der Waals surface area contributed by atoms with Crippen LogP contribution in [0.1, 0.15) is 29.8 Å². The van der Waals surface area contributed by atoms with E-state index >= 15 is 0 Å². The molecule has 2 heterocycles. The van der Waals surface area contributed by atoms with Crippen LogP contribution < -0.4 is 0 Å². The molecule has 1 unspecified atom stereocenters. The molecular formula is C12H17NO3. The van der Waals surface area contributed by atoms with Crippen molar-refractivity contribution in [1.82, 2.24) is 4.90 Å². The number of furan rings is 1. The van der Waals surface area contributed by atoms with E-state index in [4.69, 9.17) is 4.42 Å². The third kappa shape index (κ3) is 2.51. The highest BCUT2D eigenvalue weighted by Crippen LogP contribution is 2.17. The topological polar surface area (TPSA) is 53.7 Å². The molecule has 1 fully saturated rings. The first kappa shape index (κ1) is 11.4. The van der Waals surface area contributed by atoms with Crippen LogP contribution in [-0.2, 0) is 0 Å². The molecule has 0 aliphatic carbocycles. The monoisotopic (exact) mass is 223 g/mol. The fraction of sp³-hybridized carbons (Fsp3) is 0.583. The van der Waals surface area contributed by atoms with Gasteiger partial charge >= 0.3 is 0 Å². The highest BCUT2D eigenvalue weighted by Gasteiger charge is 2.24. The van der Waals surface area contributed by atoms with Crippen LogP contribution in [0.15, 0.2) is 22.8 Å². The van der Waals surface area contributed by atoms with Crippen LogP contribution in [0, 0.1) is 0 Å². The second-order valence-electron chi connectivity index (χ2n) is 4.20. The Hall–Kier alpha value is -1.13. The number of likely N-dealkylation sites (tertiary alicyclic amines) is 1. The SMILES string of the molecule is O=C(CN1CCCCC1CO)c1ccco1. The molecule has 1 N–H and O–H groups in total. The second-order valence-corrected chi connectivity index (χ2v) is 4.20. The van der Waals surface area contributed by atoms with E-state index in [1.165, 1.54) is 6.26 Å². The highest BCUT2D eigenvalue weighted by molar-refractivity contribution is 5.95. The molecule has 1 aromatic heterocycles. The molecule has 0 spiro atoms. The number of hydrogen-bond acceptors (Lipinski definition) is 4. The Kier molecular flexibility index (Phi) is 3.74. The van der Waals surface area contributed by atoms with E-state index < -0.39 is 0 Å². The Morgan fingerprint density at radius 3 is 3.12 bits per heavy atom. The standard InChI is InChI=1S/C12H17NO3/c14-9-10-4-1-2-6-13(10)8-11(15)12-5-3-7-16-12/h3,5,7,10,14H,1-2,4,6,8-9H2. The van der Waals surface area contributed by atoms with E-state index in [2.05, 4.69) is 0 Å². The number of carbonyl (C=O) groups is 1. The molecule has 1 atom stereocenters. The number of rotatable bonds is 4. The van der Waals surface area contributed by atoms with Crippen molar-refractivity contribution in [3.8, 4) is 0 Å². The summed E-state index contributed by atoms with van der Waals surface area (Å²) in [4.78, 5) is 13.9. The minimum atomic E-state index is -0.00894. The van der Waals surface area contributed by atoms with Gasteiger partial charge in [-0.15, -0.1) is 0 Å². The minimum absolute atomic E-state index is 0.00894. The van der Waals surface area contributed by atoms with Crippen molar-refractivity contribution in [3.05, 3.63) is 24.2 Å². The normalized spacial score (nSPS) is 22.2. The molecule has 2 rings (SSSR count). The lowest BCUT2D eigenvalue weighted by Gasteiger charge is -2.33. The van der Waals surface area contributed by atoms with Crippen LogP contribution in [0.4, 0.5) is 0 Å². The zero-order valence-corrected chi connectivity index (χ0v) is 9.26. The summed E-state index contributed by atoms with van der Waals surface area (Å²) in [5, 5.41) is 9.23. The molecule has 0 aromatic carbocycles. The predicted octanol–water partition coefficient (Wildman–Crippen LogP) is 1.31. The molecule has 0 amide bonds. The third-order valence-electron chi connectivity index (χ3n) is 3.10. The van der Waals surface area contributed by atoms with Crippen LogP contribution in [0.3, 0.4) is 0 Å². The number of Topliss-reactive ketones (excluding diaryl/α,β-unsaturated/α-hetero) is 1. The maximum atomic E-state index is 11.8. The number of ketones is 1. The zero-order chi connectivity index (χ0) is 11.4. The summed E-state index contributed by atoms with van der Waals surface area (Å²) in [5.41, 5.74) is 0. The van der Waals surface area contributed by atoms with Crippen LogP contribution in [0.25, 0.3) is 0 Å². The quantitative estimate of drug-likeness (QED) is 0.782. The molecular weight excluding hydrogens is 206 g/mol. The molecule has 1 saturated heterocycles. The average Bonchev–Trinajstić information content (AvgIpc) is 2.83. The van der Waals surface area contributed by atoms with Crippen molar-refractivity contribution in [2.45, 2.75) is 25.3 Å². The van der Waals surface area contributed by atoms with E-state index in [0.29, 0.717) is 12.3 Å². The van der Waals surface area contributed by atoms with E-state index in [1.807, 2.05) is 4.90 Å². The van der Waals surface area contributed by atoms with Gasteiger partial charge in [-0.1, -0.05) is 6.42 Å². The van der Waals surface area contributed by atoms with E-state index in [1.54, 1.807) is 12.1 Å². The maximum Gasteiger partial charge on any atom is 0.211 e. The predicted molar refractivity (Wildman–Crippen MR) is 59.3 cm³/mol. The highest BCUT2D eigenvalue weighted by atomic mass is 16.3. The largest absolute Gasteiger partial charge is 0.461 e. The number of aliphatic hydroxyl groups is 1. The Bertz CT molecular complexity index is 334. The van der Waals surface area contributed by atoms with Gasteiger partial charge in [-0.25, -0.2) is 0 Å². The van der Waals surface area contributed by atoms with Gasteiger partial charge in [0.1, 0.15) is 0 Å². The van der Waals surface area contributed by atoms with Crippen LogP contribution in [0.2, 0.25) is 0 Å². The number of aliphatic hydroxyl groups excluding tert-OH is 1. The van der Waals surface area contributed by atoms with Gasteiger partial charge in [0.05, 0.1) is 19.4 Å². The third-order valence-corrected chi connectivity index (χ3v) is 3.10. The van der Waals surface area contributed by atoms with Crippen molar-refractivity contribution in [1.29, 1.82) is 0 Å². The molecule has 0 radical (unpaired) electrons. The van der Waals surface area contributed by atoms with Gasteiger partial charge in [0.2, 0.25) is 5.78 Å². The second kappa shape index (κ2) is 5.27. The van der Waals surface area contributed by atoms with Crippen LogP contribution in [0.5, 0.6) is 0 Å². The first-order valence-corrected chi connectivity index (χ1v) is 5.73. The van der Waals surface area contributed by atoms with Crippen LogP contribution >= 0.6 is 0 Å². The summed E-state index contributed by atoms with van der Waals surface area (Å²) >= 11 is 0. The molecule has 0 bridgehead atoms. The van der Waals surface area contributed by atoms with Gasteiger partial charge in [0, 0.05) is 6.04 Å². The Balaban J connectivity index is 1.95. The lowest BCUT2D eigenvalue weighted by Crippen LogP contribution is -2.44. The lowest BCUT2D eigenvalue weighted by atomic mass is 10.0. The number of carbonyl (C=O) groups excluding carboxylic acids is 1. The number of piperidine rings is 1. The van der Waals surface area contributed by atoms with Gasteiger partial charge in [-0.2, -0.15) is 0 Å². The van der Waals surface area contributed by atoms with E-state index in [9.17, 15) is 9.90 Å². The average molecular weight is 223 g/mol. The van der Waals surface area contributed by atoms with E-state index in [-0.39, 0.29) is 18.4 Å². The number of nitrogens with zero attached hydrogens (tertiary/aromatic N) is 1. The van der Waals surface area contributed by atoms with Crippen molar-refractivity contribution < 1.29 is 14.3 Å². The maximum absolute atomic E-state index is 11.8. The smallest absolute Gasteiger partial charge is 0.211 e. The molecule has 16 heavy (non-hydrogen) atoms. The van der Waals surface area contributed by atoms with E-state index in [0.717, 1.165) is 25.8 Å². The van der Waals surface area contributed by atoms with Crippen molar-refractivity contribution in [2.75, 3.05) is 19.7 Å². The lowest BCUT2D eigenvalue weighted by molar-refractivity contribution is 0.0691. The molecule has 4 nitrogen and oxygen atoms in total. The van der Waals surface area contributed by atoms with Gasteiger partial charge in [-0.05, 0) is 31.5 Å². The van der Waals surface area contributed by atoms with Gasteiger partial charge in [0.25, 0.3) is 0 Å². The van der Waals surface area contributed by atoms with Gasteiger partial charge in [-0.3, -0.25) is 9.69 Å². The Morgan fingerprint density at radius 2 is 2.44 bits per heavy atom. The molecule has 1 aliphatic rings. The fourth-order valence-corrected chi connectivity index (χ4v) is 2.17. The van der Waals surface area contributed by atoms with Crippen molar-refractivity contribution in [3.63, 3.8) is 0 Å². The summed E-state index contributed by atoms with van der Waals surface area (Å²) in [7, 11) is 0. The number of hydrogen-bond donors (Lipinski definition) is 1. The summed E-state index contributed by atoms with van der Waals surface area (Å²) in [6.07, 6.45) is 4.72. The molecule has 1 aliphatic heterocycles. The molecule has 88 valence electrons. The van der Waals surface area contributed by atoms with Gasteiger partial charge in [0.15, 0.2) is 5.76 Å². The fourth-order valence-electron chi connectivity index (χ4n) is 2.17. The van der Waals surface area contributed by atoms with Crippen molar-refractivity contribution in [2.24, 2.45) is 0 Å². The first-order chi connectivity index (χ1) is 7.81. The summed E-state index contributed by atoms with van der Waals surface area (Å²) in [6.45, 7) is 1.36.